The Bertz CT molecular complexity index is 116. The predicted octanol–water partition coefficient (Wildman–Crippen LogP) is -3.30. The summed E-state index contributed by atoms with van der Waals surface area (Å²) in [6, 6.07) is 0. The monoisotopic (exact) mass is 134 g/mol. The molecule has 1 unspecified atom stereocenters. The standard InChI is InChI=1S/C3H7BO5/c4-3(8,9)1(5)2(6)7/h1,5,8-9H,4H2,(H,6,7). The first-order valence-corrected chi connectivity index (χ1v) is 2.21. The summed E-state index contributed by atoms with van der Waals surface area (Å²) in [6.07, 6.45) is -2.16. The molecule has 52 valence electrons. The molecule has 0 aliphatic heterocycles. The molecule has 0 aliphatic carbocycles. The number of aliphatic hydroxyl groups excluding tert-OH is 1. The lowest BCUT2D eigenvalue weighted by Gasteiger charge is -2.18. The zero-order valence-electron chi connectivity index (χ0n) is 4.77. The summed E-state index contributed by atoms with van der Waals surface area (Å²) in [7, 11) is 0.784. The number of carboxylic acid groups (broad SMARTS) is 1. The molecule has 6 heteroatoms. The number of aliphatic carboxylic acids is 1. The molecule has 0 amide bonds. The lowest BCUT2D eigenvalue weighted by Crippen LogP contribution is -2.47. The average Bonchev–Trinajstić information content (AvgIpc) is 1.62. The van der Waals surface area contributed by atoms with Crippen LogP contribution in [0.2, 0.25) is 0 Å². The van der Waals surface area contributed by atoms with Crippen molar-refractivity contribution in [2.24, 2.45) is 0 Å². The predicted molar refractivity (Wildman–Crippen MR) is 29.4 cm³/mol. The number of hydrogen-bond acceptors (Lipinski definition) is 4. The fraction of sp³-hybridized carbons (Fsp3) is 0.667. The molecule has 0 heterocycles. The van der Waals surface area contributed by atoms with E-state index in [0.29, 0.717) is 0 Å². The zero-order chi connectivity index (χ0) is 7.65. The largest absolute Gasteiger partial charge is 0.479 e. The van der Waals surface area contributed by atoms with Crippen molar-refractivity contribution < 1.29 is 25.2 Å². The third kappa shape index (κ3) is 2.45. The Kier molecular flexibility index (Phi) is 2.19. The van der Waals surface area contributed by atoms with Gasteiger partial charge in [0.1, 0.15) is 0 Å². The number of carbonyl (C=O) groups is 1. The van der Waals surface area contributed by atoms with Crippen molar-refractivity contribution in [2.45, 2.75) is 11.8 Å². The number of aliphatic hydroxyl groups is 3. The van der Waals surface area contributed by atoms with Gasteiger partial charge in [-0.15, -0.1) is 0 Å². The van der Waals surface area contributed by atoms with Crippen LogP contribution in [0.4, 0.5) is 0 Å². The normalized spacial score (nSPS) is 15.0. The van der Waals surface area contributed by atoms with E-state index in [1.807, 2.05) is 0 Å². The molecule has 0 rings (SSSR count). The van der Waals surface area contributed by atoms with Crippen LogP contribution >= 0.6 is 0 Å². The Morgan fingerprint density at radius 1 is 1.56 bits per heavy atom. The van der Waals surface area contributed by atoms with Gasteiger partial charge in [0.25, 0.3) is 0 Å². The van der Waals surface area contributed by atoms with Crippen LogP contribution in [-0.4, -0.2) is 46.0 Å². The maximum absolute atomic E-state index is 9.78. The Morgan fingerprint density at radius 2 is 1.89 bits per heavy atom. The Morgan fingerprint density at radius 3 is 1.89 bits per heavy atom. The van der Waals surface area contributed by atoms with E-state index in [4.69, 9.17) is 20.4 Å². The highest BCUT2D eigenvalue weighted by atomic mass is 16.5. The quantitative estimate of drug-likeness (QED) is 0.234. The van der Waals surface area contributed by atoms with Gasteiger partial charge >= 0.3 is 5.97 Å². The summed E-state index contributed by atoms with van der Waals surface area (Å²) < 4.78 is 0. The molecule has 0 aromatic rings. The summed E-state index contributed by atoms with van der Waals surface area (Å²) in [6.45, 7) is 0. The van der Waals surface area contributed by atoms with E-state index in [9.17, 15) is 4.79 Å². The first-order valence-electron chi connectivity index (χ1n) is 2.21. The van der Waals surface area contributed by atoms with Crippen molar-refractivity contribution in [1.29, 1.82) is 0 Å². The van der Waals surface area contributed by atoms with E-state index in [1.165, 1.54) is 0 Å². The Hall–Kier alpha value is -0.585. The van der Waals surface area contributed by atoms with Crippen LogP contribution in [0.15, 0.2) is 0 Å². The molecule has 0 aliphatic rings. The molecule has 0 radical (unpaired) electrons. The molecule has 0 bridgehead atoms. The summed E-state index contributed by atoms with van der Waals surface area (Å²) in [5.74, 6) is -1.66. The van der Waals surface area contributed by atoms with Crippen molar-refractivity contribution in [3.63, 3.8) is 0 Å². The highest BCUT2D eigenvalue weighted by molar-refractivity contribution is 6.15. The first kappa shape index (κ1) is 8.41. The molecule has 0 aromatic heterocycles. The molecule has 1 atom stereocenters. The lowest BCUT2D eigenvalue weighted by atomic mass is 9.89. The topological polar surface area (TPSA) is 98.0 Å². The maximum Gasteiger partial charge on any atom is 0.337 e. The molecule has 0 aromatic carbocycles. The van der Waals surface area contributed by atoms with E-state index in [1.54, 1.807) is 0 Å². The van der Waals surface area contributed by atoms with Gasteiger partial charge in [0.2, 0.25) is 0 Å². The molecule has 0 saturated carbocycles. The smallest absolute Gasteiger partial charge is 0.337 e. The second kappa shape index (κ2) is 2.34. The van der Waals surface area contributed by atoms with Crippen molar-refractivity contribution in [3.8, 4) is 0 Å². The van der Waals surface area contributed by atoms with E-state index in [-0.39, 0.29) is 0 Å². The average molecular weight is 134 g/mol. The first-order chi connectivity index (χ1) is 3.85. The molecule has 9 heavy (non-hydrogen) atoms. The van der Waals surface area contributed by atoms with Gasteiger partial charge in [-0.1, -0.05) is 0 Å². The minimum Gasteiger partial charge on any atom is -0.479 e. The van der Waals surface area contributed by atoms with Crippen LogP contribution in [0.1, 0.15) is 0 Å². The summed E-state index contributed by atoms with van der Waals surface area (Å²) in [4.78, 5) is 9.78. The highest BCUT2D eigenvalue weighted by Crippen LogP contribution is 1.99. The SMILES string of the molecule is BC(O)(O)C(O)C(=O)O. The molecule has 0 spiro atoms. The number of rotatable bonds is 2. The molecular formula is C3H7BO5. The van der Waals surface area contributed by atoms with Crippen LogP contribution < -0.4 is 0 Å². The van der Waals surface area contributed by atoms with Gasteiger partial charge in [-0.05, 0) is 0 Å². The maximum atomic E-state index is 9.78. The van der Waals surface area contributed by atoms with E-state index < -0.39 is 17.8 Å². The van der Waals surface area contributed by atoms with Crippen molar-refractivity contribution in [2.75, 3.05) is 0 Å². The van der Waals surface area contributed by atoms with Crippen LogP contribution in [0.25, 0.3) is 0 Å². The molecule has 4 N–H and O–H groups in total. The minimum absolute atomic E-state index is 0.784. The Labute approximate surface area is 52.0 Å². The van der Waals surface area contributed by atoms with Crippen LogP contribution in [0.5, 0.6) is 0 Å². The van der Waals surface area contributed by atoms with Crippen molar-refractivity contribution >= 4 is 13.8 Å². The van der Waals surface area contributed by atoms with E-state index in [0.717, 1.165) is 7.85 Å². The van der Waals surface area contributed by atoms with Gasteiger partial charge in [-0.3, -0.25) is 0 Å². The van der Waals surface area contributed by atoms with Gasteiger partial charge in [-0.2, -0.15) is 0 Å². The lowest BCUT2D eigenvalue weighted by molar-refractivity contribution is -0.187. The van der Waals surface area contributed by atoms with E-state index in [2.05, 4.69) is 0 Å². The second-order valence-electron chi connectivity index (χ2n) is 1.83. The van der Waals surface area contributed by atoms with Gasteiger partial charge in [0.15, 0.2) is 19.6 Å². The van der Waals surface area contributed by atoms with Gasteiger partial charge in [0, 0.05) is 0 Å². The highest BCUT2D eigenvalue weighted by Gasteiger charge is 2.32. The fourth-order valence-corrected chi connectivity index (χ4v) is 0.234. The van der Waals surface area contributed by atoms with Crippen LogP contribution in [0, 0.1) is 0 Å². The third-order valence-electron chi connectivity index (χ3n) is 0.752. The van der Waals surface area contributed by atoms with Crippen LogP contribution in [0.3, 0.4) is 0 Å². The zero-order valence-corrected chi connectivity index (χ0v) is 4.77. The summed E-state index contributed by atoms with van der Waals surface area (Å²) in [5.41, 5.74) is -2.56. The van der Waals surface area contributed by atoms with Gasteiger partial charge in [-0.25, -0.2) is 4.79 Å². The second-order valence-corrected chi connectivity index (χ2v) is 1.83. The van der Waals surface area contributed by atoms with Gasteiger partial charge < -0.3 is 20.4 Å². The Balaban J connectivity index is 4.04. The molecule has 0 fully saturated rings. The molecule has 0 saturated heterocycles. The number of carboxylic acids is 1. The number of hydrogen-bond donors (Lipinski definition) is 4. The summed E-state index contributed by atoms with van der Waals surface area (Å²) >= 11 is 0. The summed E-state index contributed by atoms with van der Waals surface area (Å²) in [5, 5.41) is 33.1. The van der Waals surface area contributed by atoms with Crippen molar-refractivity contribution in [3.05, 3.63) is 0 Å². The van der Waals surface area contributed by atoms with Gasteiger partial charge in [0.05, 0.1) is 0 Å². The fourth-order valence-electron chi connectivity index (χ4n) is 0.234. The van der Waals surface area contributed by atoms with Crippen molar-refractivity contribution in [1.82, 2.24) is 0 Å². The minimum atomic E-state index is -2.56. The van der Waals surface area contributed by atoms with E-state index >= 15 is 0 Å². The molecular weight excluding hydrogens is 127 g/mol. The third-order valence-corrected chi connectivity index (χ3v) is 0.752. The molecule has 5 nitrogen and oxygen atoms in total. The van der Waals surface area contributed by atoms with Crippen LogP contribution in [-0.2, 0) is 4.79 Å².